The average Bonchev–Trinajstić information content (AvgIpc) is 3.84. The van der Waals surface area contributed by atoms with Crippen molar-refractivity contribution in [1.82, 2.24) is 48.7 Å². The van der Waals surface area contributed by atoms with Crippen molar-refractivity contribution in [3.05, 3.63) is 163 Å². The van der Waals surface area contributed by atoms with Crippen molar-refractivity contribution in [2.75, 3.05) is 52.4 Å². The third-order valence-corrected chi connectivity index (χ3v) is 15.0. The number of rotatable bonds is 5. The molecule has 19 heteroatoms. The van der Waals surface area contributed by atoms with Crippen LogP contribution in [0.1, 0.15) is 132 Å². The predicted molar refractivity (Wildman–Crippen MR) is 305 cm³/mol. The maximum absolute atomic E-state index is 12.7. The minimum Gasteiger partial charge on any atom is -0.444 e. The van der Waals surface area contributed by atoms with Gasteiger partial charge in [0.25, 0.3) is 0 Å². The zero-order valence-corrected chi connectivity index (χ0v) is 48.4. The first kappa shape index (κ1) is 57.0. The summed E-state index contributed by atoms with van der Waals surface area (Å²) in [5, 5.41) is 12.9. The van der Waals surface area contributed by atoms with Gasteiger partial charge in [-0.25, -0.2) is 19.6 Å². The Kier molecular flexibility index (Phi) is 17.6. The number of pyridine rings is 2. The number of aryl methyl sites for hydroxylation is 2. The highest BCUT2D eigenvalue weighted by atomic mass is 79.9. The molecule has 6 heterocycles. The summed E-state index contributed by atoms with van der Waals surface area (Å²) < 4.78 is 15.8. The van der Waals surface area contributed by atoms with Gasteiger partial charge in [-0.1, -0.05) is 63.4 Å². The van der Waals surface area contributed by atoms with E-state index in [4.69, 9.17) is 42.6 Å². The van der Waals surface area contributed by atoms with Crippen molar-refractivity contribution in [3.63, 3.8) is 0 Å². The molecule has 2 saturated heterocycles. The second-order valence-corrected chi connectivity index (χ2v) is 23.2. The molecule has 3 atom stereocenters. The normalized spacial score (nSPS) is 17.9. The molecule has 6 aromatic rings. The highest BCUT2D eigenvalue weighted by molar-refractivity contribution is 9.15. The second-order valence-electron chi connectivity index (χ2n) is 21.5. The number of aromatic nitrogens is 6. The molecule has 2 amide bonds. The van der Waals surface area contributed by atoms with Gasteiger partial charge in [0.2, 0.25) is 0 Å². The van der Waals surface area contributed by atoms with E-state index < -0.39 is 17.3 Å². The van der Waals surface area contributed by atoms with Gasteiger partial charge in [0.05, 0.1) is 41.8 Å². The Morgan fingerprint density at radius 3 is 1.55 bits per heavy atom. The fourth-order valence-electron chi connectivity index (χ4n) is 9.80. The van der Waals surface area contributed by atoms with Crippen LogP contribution in [0, 0.1) is 13.8 Å². The van der Waals surface area contributed by atoms with Crippen LogP contribution in [-0.4, -0.2) is 136 Å². The summed E-state index contributed by atoms with van der Waals surface area (Å²) in [5.74, 6) is 0. The molecule has 77 heavy (non-hydrogen) atoms. The minimum absolute atomic E-state index is 0.0134. The second kappa shape index (κ2) is 23.8. The van der Waals surface area contributed by atoms with Crippen LogP contribution in [0.5, 0.6) is 0 Å². The fourth-order valence-corrected chi connectivity index (χ4v) is 10.7. The number of piperazine rings is 2. The predicted octanol–water partition coefficient (Wildman–Crippen LogP) is 11.1. The molecule has 2 aliphatic carbocycles. The van der Waals surface area contributed by atoms with E-state index in [1.807, 2.05) is 139 Å². The van der Waals surface area contributed by atoms with Crippen LogP contribution in [0.15, 0.2) is 85.7 Å². The maximum Gasteiger partial charge on any atom is 0.410 e. The molecule has 16 nitrogen and oxygen atoms in total. The number of imidazole rings is 2. The van der Waals surface area contributed by atoms with Crippen molar-refractivity contribution in [3.8, 4) is 0 Å². The fraction of sp³-hybridized carbons (Fsp3) is 0.397. The van der Waals surface area contributed by atoms with Gasteiger partial charge in [0, 0.05) is 105 Å². The van der Waals surface area contributed by atoms with Gasteiger partial charge < -0.3 is 33.5 Å². The molecule has 2 aliphatic heterocycles. The number of hydrogen-bond acceptors (Lipinski definition) is 12. The average molecular weight is 1150 g/mol. The van der Waals surface area contributed by atoms with Crippen LogP contribution in [-0.2, 0) is 23.6 Å². The number of nitrogens with zero attached hydrogens (tertiary/aromatic N) is 10. The highest BCUT2D eigenvalue weighted by Crippen LogP contribution is 2.45. The molecular formula is C58H67BrCl2N10O6. The number of benzene rings is 2. The number of carbonyl (C=O) groups excluding carboxylic acids is 3. The molecule has 4 aliphatic rings. The van der Waals surface area contributed by atoms with Crippen LogP contribution >= 0.6 is 39.1 Å². The topological polar surface area (TPSA) is 164 Å². The van der Waals surface area contributed by atoms with Crippen LogP contribution in [0.2, 0.25) is 10.0 Å². The lowest BCUT2D eigenvalue weighted by Gasteiger charge is -2.40. The lowest BCUT2D eigenvalue weighted by Crippen LogP contribution is -2.51. The first-order valence-corrected chi connectivity index (χ1v) is 27.2. The standard InChI is InChI=1S/C29H34ClN5O3.C23H25BrClN3O2.C6H8N2O/c1-18-24(32-17-33(18)5)27(36)23-15-19-7-6-10-31-25(19)26(21-9-8-20(30)16-22(21)23)34-11-13-35(14-12-34)28(37)38-29(2,3)4;1-23(2,3)30-22(29)28-11-9-27(10-12-28)21-17-7-6-16(25)14-18(17)19(24)13-15-5-4-8-26-20(15)21;1-5-6(3-9)7-4-8(5)2/h6-10,15-17,26-27,36H,11-14H2,1-5H3;4-8,13-14,21H,9-12H2,1-3H3;3-4H,1-2H3/t26-,27?;21-;/m00./s1. The summed E-state index contributed by atoms with van der Waals surface area (Å²) in [6.07, 6.45) is 10.4. The van der Waals surface area contributed by atoms with Gasteiger partial charge in [0.1, 0.15) is 23.0 Å². The van der Waals surface area contributed by atoms with Crippen molar-refractivity contribution < 1.29 is 29.0 Å². The third-order valence-electron chi connectivity index (χ3n) is 13.9. The highest BCUT2D eigenvalue weighted by Gasteiger charge is 2.38. The summed E-state index contributed by atoms with van der Waals surface area (Å²) in [6.45, 7) is 20.2. The van der Waals surface area contributed by atoms with Gasteiger partial charge in [-0.05, 0) is 143 Å². The molecule has 2 fully saturated rings. The number of aldehydes is 1. The number of ether oxygens (including phenoxy) is 2. The number of carbonyl (C=O) groups is 3. The quantitative estimate of drug-likeness (QED) is 0.163. The molecule has 0 saturated carbocycles. The zero-order valence-electron chi connectivity index (χ0n) is 45.3. The van der Waals surface area contributed by atoms with Gasteiger partial charge in [-0.15, -0.1) is 0 Å². The first-order chi connectivity index (χ1) is 36.5. The lowest BCUT2D eigenvalue weighted by atomic mass is 9.90. The molecule has 0 radical (unpaired) electrons. The van der Waals surface area contributed by atoms with Crippen LogP contribution < -0.4 is 0 Å². The lowest BCUT2D eigenvalue weighted by molar-refractivity contribution is 0.0109. The number of amides is 2. The van der Waals surface area contributed by atoms with Crippen LogP contribution in [0.4, 0.5) is 9.59 Å². The number of hydrogen-bond donors (Lipinski definition) is 1. The number of aliphatic hydroxyl groups is 1. The summed E-state index contributed by atoms with van der Waals surface area (Å²) in [6, 6.07) is 19.6. The molecule has 10 rings (SSSR count). The third kappa shape index (κ3) is 13.2. The maximum atomic E-state index is 12.7. The van der Waals surface area contributed by atoms with E-state index >= 15 is 0 Å². The van der Waals surface area contributed by atoms with E-state index in [-0.39, 0.29) is 24.3 Å². The molecule has 0 spiro atoms. The van der Waals surface area contributed by atoms with E-state index in [0.29, 0.717) is 60.7 Å². The molecule has 4 aromatic heterocycles. The van der Waals surface area contributed by atoms with E-state index in [1.165, 1.54) is 0 Å². The Balaban J connectivity index is 0.000000178. The van der Waals surface area contributed by atoms with Gasteiger partial charge in [-0.2, -0.15) is 0 Å². The Morgan fingerprint density at radius 2 is 1.12 bits per heavy atom. The van der Waals surface area contributed by atoms with Crippen LogP contribution in [0.25, 0.3) is 22.2 Å². The largest absolute Gasteiger partial charge is 0.444 e. The summed E-state index contributed by atoms with van der Waals surface area (Å²) >= 11 is 16.6. The molecular weight excluding hydrogens is 1080 g/mol. The molecule has 406 valence electrons. The smallest absolute Gasteiger partial charge is 0.410 e. The van der Waals surface area contributed by atoms with E-state index in [0.717, 1.165) is 85.6 Å². The van der Waals surface area contributed by atoms with E-state index in [1.54, 1.807) is 28.7 Å². The SMILES string of the molecule is CC(C)(C)OC(=O)N1CCN([C@H]2c3ccc(Cl)cc3C(Br)=Cc3cccnc32)CC1.Cc1c(C(O)C2=Cc3cccnc3[C@@H](N3CCN(C(=O)OC(C)(C)C)CC3)c3ccc(Cl)cc32)ncn1C.Cc1c(C=O)ncn1C. The van der Waals surface area contributed by atoms with Crippen LogP contribution in [0.3, 0.4) is 0 Å². The van der Waals surface area contributed by atoms with Crippen molar-refractivity contribution in [2.45, 2.75) is 84.8 Å². The first-order valence-electron chi connectivity index (χ1n) is 25.6. The Bertz CT molecular complexity index is 3200. The van der Waals surface area contributed by atoms with Crippen molar-refractivity contribution >= 4 is 79.8 Å². The monoisotopic (exact) mass is 1150 g/mol. The zero-order chi connectivity index (χ0) is 55.5. The van der Waals surface area contributed by atoms with Gasteiger partial charge >= 0.3 is 12.2 Å². The molecule has 1 N–H and O–H groups in total. The summed E-state index contributed by atoms with van der Waals surface area (Å²) in [4.78, 5) is 61.5. The Labute approximate surface area is 469 Å². The van der Waals surface area contributed by atoms with E-state index in [9.17, 15) is 19.5 Å². The molecule has 1 unspecified atom stereocenters. The van der Waals surface area contributed by atoms with Gasteiger partial charge in [0.15, 0.2) is 6.29 Å². The number of fused-ring (bicyclic) bond motifs is 4. The van der Waals surface area contributed by atoms with E-state index in [2.05, 4.69) is 53.9 Å². The summed E-state index contributed by atoms with van der Waals surface area (Å²) in [5.41, 5.74) is 10.7. The minimum atomic E-state index is -0.941. The molecule has 0 bridgehead atoms. The number of aliphatic hydroxyl groups excluding tert-OH is 1. The van der Waals surface area contributed by atoms with Crippen molar-refractivity contribution in [1.29, 1.82) is 0 Å². The van der Waals surface area contributed by atoms with Crippen molar-refractivity contribution in [2.24, 2.45) is 14.1 Å². The Hall–Kier alpha value is -6.21. The van der Waals surface area contributed by atoms with Gasteiger partial charge in [-0.3, -0.25) is 24.6 Å². The summed E-state index contributed by atoms with van der Waals surface area (Å²) in [7, 11) is 3.77. The Morgan fingerprint density at radius 1 is 0.662 bits per heavy atom. The number of halogens is 3. The molecule has 2 aromatic carbocycles.